The highest BCUT2D eigenvalue weighted by Gasteiger charge is 2.16. The van der Waals surface area contributed by atoms with Crippen LogP contribution < -0.4 is 10.6 Å². The molecule has 6 heteroatoms. The van der Waals surface area contributed by atoms with Gasteiger partial charge in [-0.3, -0.25) is 14.4 Å². The number of nitrogens with one attached hydrogen (secondary N) is 2. The second kappa shape index (κ2) is 11.0. The molecule has 2 aromatic rings. The molecule has 2 amide bonds. The van der Waals surface area contributed by atoms with Gasteiger partial charge in [0.05, 0.1) is 17.7 Å². The van der Waals surface area contributed by atoms with Crippen LogP contribution in [-0.2, 0) is 14.3 Å². The van der Waals surface area contributed by atoms with Gasteiger partial charge in [-0.25, -0.2) is 0 Å². The van der Waals surface area contributed by atoms with Gasteiger partial charge < -0.3 is 15.4 Å². The minimum absolute atomic E-state index is 0.00265. The fourth-order valence-electron chi connectivity index (χ4n) is 2.72. The zero-order chi connectivity index (χ0) is 21.2. The van der Waals surface area contributed by atoms with Gasteiger partial charge in [0.1, 0.15) is 0 Å². The van der Waals surface area contributed by atoms with E-state index >= 15 is 0 Å². The van der Waals surface area contributed by atoms with Crippen molar-refractivity contribution in [2.24, 2.45) is 5.92 Å². The lowest BCUT2D eigenvalue weighted by atomic mass is 9.98. The topological polar surface area (TPSA) is 84.5 Å². The molecule has 0 spiro atoms. The van der Waals surface area contributed by atoms with Crippen LogP contribution in [0.25, 0.3) is 0 Å². The molecule has 29 heavy (non-hydrogen) atoms. The quantitative estimate of drug-likeness (QED) is 0.632. The zero-order valence-corrected chi connectivity index (χ0v) is 17.1. The monoisotopic (exact) mass is 396 g/mol. The third-order valence-electron chi connectivity index (χ3n) is 4.32. The van der Waals surface area contributed by atoms with Gasteiger partial charge in [-0.1, -0.05) is 63.2 Å². The van der Waals surface area contributed by atoms with Crippen LogP contribution in [0.4, 0.5) is 5.69 Å². The zero-order valence-electron chi connectivity index (χ0n) is 17.1. The standard InChI is InChI=1S/C23H28N2O4/c1-16(2)14-24-23(28)19-11-7-8-12-20(19)25-21(26)15-29-22(27)13-17(3)18-9-5-4-6-10-18/h4-12,16-17H,13-15H2,1-3H3,(H,24,28)(H,25,26)/t17-/m0/s1. The Morgan fingerprint density at radius 2 is 1.59 bits per heavy atom. The predicted octanol–water partition coefficient (Wildman–Crippen LogP) is 3.75. The number of hydrogen-bond donors (Lipinski definition) is 2. The smallest absolute Gasteiger partial charge is 0.306 e. The number of ether oxygens (including phenoxy) is 1. The number of hydrogen-bond acceptors (Lipinski definition) is 4. The molecule has 0 aromatic heterocycles. The first-order valence-electron chi connectivity index (χ1n) is 9.74. The SMILES string of the molecule is CC(C)CNC(=O)c1ccccc1NC(=O)COC(=O)C[C@H](C)c1ccccc1. The summed E-state index contributed by atoms with van der Waals surface area (Å²) in [6.07, 6.45) is 0.186. The van der Waals surface area contributed by atoms with E-state index in [1.807, 2.05) is 51.1 Å². The first-order valence-corrected chi connectivity index (χ1v) is 9.74. The number of carbonyl (C=O) groups is 3. The molecule has 1 atom stereocenters. The Balaban J connectivity index is 1.86. The van der Waals surface area contributed by atoms with Crippen molar-refractivity contribution >= 4 is 23.5 Å². The van der Waals surface area contributed by atoms with Crippen molar-refractivity contribution in [1.82, 2.24) is 5.32 Å². The van der Waals surface area contributed by atoms with Crippen molar-refractivity contribution < 1.29 is 19.1 Å². The lowest BCUT2D eigenvalue weighted by Gasteiger charge is -2.13. The highest BCUT2D eigenvalue weighted by Crippen LogP contribution is 2.19. The minimum Gasteiger partial charge on any atom is -0.456 e. The van der Waals surface area contributed by atoms with E-state index in [-0.39, 0.29) is 18.2 Å². The summed E-state index contributed by atoms with van der Waals surface area (Å²) in [6.45, 7) is 6.07. The summed E-state index contributed by atoms with van der Waals surface area (Å²) in [5.41, 5.74) is 1.79. The van der Waals surface area contributed by atoms with E-state index in [2.05, 4.69) is 10.6 Å². The van der Waals surface area contributed by atoms with Crippen LogP contribution >= 0.6 is 0 Å². The fourth-order valence-corrected chi connectivity index (χ4v) is 2.72. The Labute approximate surface area is 171 Å². The van der Waals surface area contributed by atoms with E-state index in [1.54, 1.807) is 24.3 Å². The summed E-state index contributed by atoms with van der Waals surface area (Å²) >= 11 is 0. The Hall–Kier alpha value is -3.15. The number of anilines is 1. The van der Waals surface area contributed by atoms with E-state index in [1.165, 1.54) is 0 Å². The second-order valence-electron chi connectivity index (χ2n) is 7.37. The molecular weight excluding hydrogens is 368 g/mol. The number of rotatable bonds is 9. The van der Waals surface area contributed by atoms with Gasteiger partial charge in [0.2, 0.25) is 0 Å². The second-order valence-corrected chi connectivity index (χ2v) is 7.37. The number of esters is 1. The van der Waals surface area contributed by atoms with Crippen LogP contribution in [0.15, 0.2) is 54.6 Å². The summed E-state index contributed by atoms with van der Waals surface area (Å²) < 4.78 is 5.10. The maximum absolute atomic E-state index is 12.3. The normalized spacial score (nSPS) is 11.6. The predicted molar refractivity (Wildman–Crippen MR) is 113 cm³/mol. The molecule has 6 nitrogen and oxygen atoms in total. The molecule has 0 saturated carbocycles. The van der Waals surface area contributed by atoms with Crippen LogP contribution in [0.3, 0.4) is 0 Å². The first kappa shape index (κ1) is 22.1. The molecule has 0 bridgehead atoms. The van der Waals surface area contributed by atoms with E-state index in [4.69, 9.17) is 4.74 Å². The first-order chi connectivity index (χ1) is 13.9. The van der Waals surface area contributed by atoms with Crippen molar-refractivity contribution in [3.8, 4) is 0 Å². The van der Waals surface area contributed by atoms with E-state index < -0.39 is 18.5 Å². The Kier molecular flexibility index (Phi) is 8.40. The van der Waals surface area contributed by atoms with Crippen LogP contribution in [0.5, 0.6) is 0 Å². The molecule has 0 aliphatic carbocycles. The lowest BCUT2D eigenvalue weighted by molar-refractivity contribution is -0.147. The van der Waals surface area contributed by atoms with Crippen molar-refractivity contribution in [3.63, 3.8) is 0 Å². The molecular formula is C23H28N2O4. The molecule has 154 valence electrons. The largest absolute Gasteiger partial charge is 0.456 e. The van der Waals surface area contributed by atoms with Gasteiger partial charge in [0.15, 0.2) is 6.61 Å². The third-order valence-corrected chi connectivity index (χ3v) is 4.32. The van der Waals surface area contributed by atoms with Gasteiger partial charge in [0, 0.05) is 6.54 Å². The van der Waals surface area contributed by atoms with Crippen molar-refractivity contribution in [2.45, 2.75) is 33.1 Å². The molecule has 0 fully saturated rings. The molecule has 0 aliphatic heterocycles. The van der Waals surface area contributed by atoms with Crippen LogP contribution in [0.2, 0.25) is 0 Å². The lowest BCUT2D eigenvalue weighted by Crippen LogP contribution is -2.29. The number of amides is 2. The van der Waals surface area contributed by atoms with Crippen molar-refractivity contribution in [2.75, 3.05) is 18.5 Å². The molecule has 2 aromatic carbocycles. The van der Waals surface area contributed by atoms with Gasteiger partial charge in [-0.05, 0) is 29.5 Å². The highest BCUT2D eigenvalue weighted by molar-refractivity contribution is 6.04. The molecule has 0 unspecified atom stereocenters. The van der Waals surface area contributed by atoms with E-state index in [9.17, 15) is 14.4 Å². The number of carbonyl (C=O) groups excluding carboxylic acids is 3. The van der Waals surface area contributed by atoms with Gasteiger partial charge >= 0.3 is 5.97 Å². The number of para-hydroxylation sites is 1. The molecule has 2 rings (SSSR count). The van der Waals surface area contributed by atoms with E-state index in [0.717, 1.165) is 5.56 Å². The minimum atomic E-state index is -0.491. The molecule has 2 N–H and O–H groups in total. The van der Waals surface area contributed by atoms with Gasteiger partial charge in [-0.15, -0.1) is 0 Å². The molecule has 0 radical (unpaired) electrons. The highest BCUT2D eigenvalue weighted by atomic mass is 16.5. The Bertz CT molecular complexity index is 834. The van der Waals surface area contributed by atoms with E-state index in [0.29, 0.717) is 23.7 Å². The van der Waals surface area contributed by atoms with Crippen LogP contribution in [-0.4, -0.2) is 30.9 Å². The van der Waals surface area contributed by atoms with Crippen molar-refractivity contribution in [3.05, 3.63) is 65.7 Å². The maximum Gasteiger partial charge on any atom is 0.306 e. The average Bonchev–Trinajstić information content (AvgIpc) is 2.71. The van der Waals surface area contributed by atoms with Gasteiger partial charge in [0.25, 0.3) is 11.8 Å². The van der Waals surface area contributed by atoms with Crippen LogP contribution in [0, 0.1) is 5.92 Å². The summed E-state index contributed by atoms with van der Waals surface area (Å²) in [5, 5.41) is 5.47. The summed E-state index contributed by atoms with van der Waals surface area (Å²) in [7, 11) is 0. The average molecular weight is 396 g/mol. The van der Waals surface area contributed by atoms with Crippen molar-refractivity contribution in [1.29, 1.82) is 0 Å². The number of benzene rings is 2. The molecule has 0 saturated heterocycles. The summed E-state index contributed by atoms with van der Waals surface area (Å²) in [5.74, 6) is -0.881. The maximum atomic E-state index is 12.3. The molecule has 0 aliphatic rings. The summed E-state index contributed by atoms with van der Waals surface area (Å²) in [4.78, 5) is 36.6. The molecule has 0 heterocycles. The summed E-state index contributed by atoms with van der Waals surface area (Å²) in [6, 6.07) is 16.4. The van der Waals surface area contributed by atoms with Crippen LogP contribution in [0.1, 0.15) is 49.0 Å². The Morgan fingerprint density at radius 1 is 0.931 bits per heavy atom. The fraction of sp³-hybridized carbons (Fsp3) is 0.348. The van der Waals surface area contributed by atoms with Gasteiger partial charge in [-0.2, -0.15) is 0 Å². The Morgan fingerprint density at radius 3 is 2.28 bits per heavy atom. The third kappa shape index (κ3) is 7.41.